The third kappa shape index (κ3) is 10.1. The lowest BCUT2D eigenvalue weighted by atomic mass is 10.3. The second-order valence-corrected chi connectivity index (χ2v) is 7.31. The van der Waals surface area contributed by atoms with Crippen molar-refractivity contribution in [1.29, 1.82) is 10.8 Å². The first-order chi connectivity index (χ1) is 14.5. The molecule has 13 heteroatoms. The van der Waals surface area contributed by atoms with E-state index in [-0.39, 0.29) is 23.4 Å². The highest BCUT2D eigenvalue weighted by atomic mass is 32.2. The average molecular weight is 452 g/mol. The Bertz CT molecular complexity index is 857. The van der Waals surface area contributed by atoms with Crippen molar-refractivity contribution in [2.45, 2.75) is 19.9 Å². The molecular weight excluding hydrogens is 426 g/mol. The third-order valence-corrected chi connectivity index (χ3v) is 4.20. The van der Waals surface area contributed by atoms with Gasteiger partial charge in [-0.3, -0.25) is 35.8 Å². The van der Waals surface area contributed by atoms with E-state index in [1.165, 1.54) is 30.9 Å². The van der Waals surface area contributed by atoms with Gasteiger partial charge in [-0.2, -0.15) is 0 Å². The maximum absolute atomic E-state index is 12.3. The van der Waals surface area contributed by atoms with E-state index < -0.39 is 29.1 Å². The van der Waals surface area contributed by atoms with E-state index in [0.717, 1.165) is 0 Å². The summed E-state index contributed by atoms with van der Waals surface area (Å²) in [5.41, 5.74) is 0.542. The van der Waals surface area contributed by atoms with Gasteiger partial charge in [0, 0.05) is 39.4 Å². The van der Waals surface area contributed by atoms with Crippen LogP contribution in [0.5, 0.6) is 5.75 Å². The minimum absolute atomic E-state index is 0.121. The molecule has 0 aromatic heterocycles. The number of anilines is 1. The number of nitrogens with one attached hydrogen (secondary N) is 6. The van der Waals surface area contributed by atoms with Crippen molar-refractivity contribution in [3.63, 3.8) is 0 Å². The minimum atomic E-state index is -1.12. The molecule has 6 N–H and O–H groups in total. The van der Waals surface area contributed by atoms with Gasteiger partial charge in [-0.05, 0) is 36.0 Å². The Morgan fingerprint density at radius 2 is 1.65 bits per heavy atom. The molecule has 0 aliphatic carbocycles. The first-order valence-corrected chi connectivity index (χ1v) is 9.88. The van der Waals surface area contributed by atoms with Crippen molar-refractivity contribution in [2.24, 2.45) is 0 Å². The van der Waals surface area contributed by atoms with Crippen molar-refractivity contribution >= 4 is 52.4 Å². The van der Waals surface area contributed by atoms with Crippen LogP contribution in [-0.2, 0) is 14.4 Å². The molecule has 1 atom stereocenters. The quantitative estimate of drug-likeness (QED) is 0.206. The third-order valence-electron chi connectivity index (χ3n) is 3.38. The smallest absolute Gasteiger partial charge is 0.372 e. The summed E-state index contributed by atoms with van der Waals surface area (Å²) in [5.74, 6) is -1.95. The second kappa shape index (κ2) is 12.2. The number of thioether (sulfide) groups is 1. The van der Waals surface area contributed by atoms with Gasteiger partial charge in [-0.15, -0.1) is 0 Å². The summed E-state index contributed by atoms with van der Waals surface area (Å²) in [4.78, 5) is 48.2. The van der Waals surface area contributed by atoms with Gasteiger partial charge in [-0.25, -0.2) is 4.79 Å². The highest BCUT2D eigenvalue weighted by Crippen LogP contribution is 2.18. The maximum Gasteiger partial charge on any atom is 0.372 e. The maximum atomic E-state index is 12.3. The molecule has 0 unspecified atom stereocenters. The standard InChI is InChI=1S/C18H25N7O5S/c1-10(26)21-12-5-7-13(8-6-12)30-18(29)31-9-14(22-11(2)27)15(28)23-16(19)24-17(20)25(3)4/h5-8,14H,9H2,1-4H3,(H,21,26)(H,22,27)(H4,19,20,23,24,28)/t14-/m0/s1. The minimum Gasteiger partial charge on any atom is -0.418 e. The Labute approximate surface area is 183 Å². The van der Waals surface area contributed by atoms with Crippen LogP contribution in [0, 0.1) is 10.8 Å². The molecule has 31 heavy (non-hydrogen) atoms. The molecule has 0 aliphatic rings. The Hall–Kier alpha value is -3.61. The molecule has 0 saturated carbocycles. The Morgan fingerprint density at radius 3 is 2.16 bits per heavy atom. The summed E-state index contributed by atoms with van der Waals surface area (Å²) in [6.45, 7) is 2.58. The summed E-state index contributed by atoms with van der Waals surface area (Å²) < 4.78 is 5.15. The van der Waals surface area contributed by atoms with Crippen LogP contribution in [0.3, 0.4) is 0 Å². The van der Waals surface area contributed by atoms with Crippen LogP contribution in [0.2, 0.25) is 0 Å². The van der Waals surface area contributed by atoms with Gasteiger partial charge in [0.05, 0.1) is 0 Å². The lowest BCUT2D eigenvalue weighted by Gasteiger charge is -2.19. The fourth-order valence-corrected chi connectivity index (χ4v) is 2.68. The molecule has 0 spiro atoms. The first kappa shape index (κ1) is 25.4. The number of ether oxygens (including phenoxy) is 1. The van der Waals surface area contributed by atoms with Crippen molar-refractivity contribution in [3.8, 4) is 5.75 Å². The summed E-state index contributed by atoms with van der Waals surface area (Å²) in [5, 5.41) is 24.1. The second-order valence-electron chi connectivity index (χ2n) is 6.35. The molecule has 0 fully saturated rings. The average Bonchev–Trinajstić information content (AvgIpc) is 2.65. The molecule has 0 heterocycles. The van der Waals surface area contributed by atoms with E-state index in [2.05, 4.69) is 21.3 Å². The number of hydrogen-bond acceptors (Lipinski definition) is 8. The van der Waals surface area contributed by atoms with Crippen molar-refractivity contribution in [3.05, 3.63) is 24.3 Å². The summed E-state index contributed by atoms with van der Waals surface area (Å²) in [6, 6.07) is 4.99. The molecule has 0 radical (unpaired) electrons. The zero-order valence-corrected chi connectivity index (χ0v) is 18.3. The van der Waals surface area contributed by atoms with Gasteiger partial charge < -0.3 is 20.3 Å². The van der Waals surface area contributed by atoms with E-state index in [1.54, 1.807) is 26.2 Å². The number of hydrogen-bond donors (Lipinski definition) is 6. The largest absolute Gasteiger partial charge is 0.418 e. The Balaban J connectivity index is 2.62. The van der Waals surface area contributed by atoms with Gasteiger partial charge in [0.25, 0.3) is 0 Å². The van der Waals surface area contributed by atoms with Crippen LogP contribution < -0.4 is 26.0 Å². The summed E-state index contributed by atoms with van der Waals surface area (Å²) in [6.07, 6.45) is 0. The molecule has 1 aromatic rings. The Morgan fingerprint density at radius 1 is 1.03 bits per heavy atom. The van der Waals surface area contributed by atoms with Gasteiger partial charge in [0.2, 0.25) is 23.7 Å². The molecule has 12 nitrogen and oxygen atoms in total. The van der Waals surface area contributed by atoms with Crippen LogP contribution >= 0.6 is 11.8 Å². The van der Waals surface area contributed by atoms with Crippen LogP contribution in [0.4, 0.5) is 10.5 Å². The lowest BCUT2D eigenvalue weighted by molar-refractivity contribution is -0.126. The zero-order valence-electron chi connectivity index (χ0n) is 17.5. The van der Waals surface area contributed by atoms with Crippen LogP contribution in [-0.4, -0.2) is 65.7 Å². The van der Waals surface area contributed by atoms with Crippen molar-refractivity contribution in [1.82, 2.24) is 20.9 Å². The number of nitrogens with zero attached hydrogens (tertiary/aromatic N) is 1. The molecule has 0 aliphatic heterocycles. The van der Waals surface area contributed by atoms with Crippen LogP contribution in [0.15, 0.2) is 24.3 Å². The predicted molar refractivity (Wildman–Crippen MR) is 117 cm³/mol. The number of amides is 3. The molecule has 1 rings (SSSR count). The van der Waals surface area contributed by atoms with E-state index in [9.17, 15) is 19.2 Å². The number of carbonyl (C=O) groups excluding carboxylic acids is 4. The van der Waals surface area contributed by atoms with E-state index in [1.807, 2.05) is 0 Å². The SMILES string of the molecule is CC(=O)Nc1ccc(OC(=O)SC[C@H](NC(C)=O)C(=O)NC(=N)NC(=N)N(C)C)cc1. The number of carbonyl (C=O) groups is 4. The van der Waals surface area contributed by atoms with E-state index >= 15 is 0 Å². The first-order valence-electron chi connectivity index (χ1n) is 8.89. The van der Waals surface area contributed by atoms with Gasteiger partial charge in [0.1, 0.15) is 11.8 Å². The molecule has 3 amide bonds. The van der Waals surface area contributed by atoms with Crippen LogP contribution in [0.1, 0.15) is 13.8 Å². The van der Waals surface area contributed by atoms with Gasteiger partial charge >= 0.3 is 5.30 Å². The molecule has 0 bridgehead atoms. The number of rotatable bonds is 6. The van der Waals surface area contributed by atoms with Crippen molar-refractivity contribution in [2.75, 3.05) is 25.2 Å². The Kier molecular flexibility index (Phi) is 9.98. The van der Waals surface area contributed by atoms with Crippen molar-refractivity contribution < 1.29 is 23.9 Å². The van der Waals surface area contributed by atoms with Gasteiger partial charge in [-0.1, -0.05) is 0 Å². The van der Waals surface area contributed by atoms with E-state index in [4.69, 9.17) is 15.6 Å². The summed E-state index contributed by atoms with van der Waals surface area (Å²) >= 11 is 0.663. The lowest BCUT2D eigenvalue weighted by Crippen LogP contribution is -2.54. The molecule has 0 saturated heterocycles. The predicted octanol–water partition coefficient (Wildman–Crippen LogP) is 0.519. The highest BCUT2D eigenvalue weighted by molar-refractivity contribution is 8.13. The molecular formula is C18H25N7O5S. The fourth-order valence-electron chi connectivity index (χ4n) is 1.99. The topological polar surface area (TPSA) is 177 Å². The monoisotopic (exact) mass is 451 g/mol. The fraction of sp³-hybridized carbons (Fsp3) is 0.333. The number of guanidine groups is 2. The van der Waals surface area contributed by atoms with E-state index in [0.29, 0.717) is 17.4 Å². The molecule has 168 valence electrons. The molecule has 1 aromatic carbocycles. The number of benzene rings is 1. The normalized spacial score (nSPS) is 10.8. The highest BCUT2D eigenvalue weighted by Gasteiger charge is 2.23. The van der Waals surface area contributed by atoms with Crippen LogP contribution in [0.25, 0.3) is 0 Å². The zero-order chi connectivity index (χ0) is 23.6. The van der Waals surface area contributed by atoms with Gasteiger partial charge in [0.15, 0.2) is 5.96 Å². The summed E-state index contributed by atoms with van der Waals surface area (Å²) in [7, 11) is 3.17.